The van der Waals surface area contributed by atoms with Gasteiger partial charge in [0.25, 0.3) is 5.91 Å². The summed E-state index contributed by atoms with van der Waals surface area (Å²) in [5.74, 6) is -0.420. The van der Waals surface area contributed by atoms with Crippen molar-refractivity contribution in [2.24, 2.45) is 0 Å². The van der Waals surface area contributed by atoms with Crippen LogP contribution in [-0.2, 0) is 6.42 Å². The summed E-state index contributed by atoms with van der Waals surface area (Å²) < 4.78 is 0. The van der Waals surface area contributed by atoms with Crippen molar-refractivity contribution in [2.45, 2.75) is 13.3 Å². The van der Waals surface area contributed by atoms with Gasteiger partial charge in [-0.25, -0.2) is 0 Å². The largest absolute Gasteiger partial charge is 0.281 e. The third-order valence-electron chi connectivity index (χ3n) is 2.81. The molecule has 0 atom stereocenters. The highest BCUT2D eigenvalue weighted by molar-refractivity contribution is 6.04. The molecule has 1 amide bonds. The fraction of sp³-hybridized carbons (Fsp3) is 0.133. The number of hydroxylamine groups is 1. The van der Waals surface area contributed by atoms with E-state index in [1.54, 1.807) is 36.4 Å². The molecule has 18 heavy (non-hydrogen) atoms. The van der Waals surface area contributed by atoms with Crippen molar-refractivity contribution in [3.8, 4) is 0 Å². The first kappa shape index (κ1) is 12.3. The quantitative estimate of drug-likeness (QED) is 0.661. The molecule has 3 nitrogen and oxygen atoms in total. The molecule has 0 spiro atoms. The van der Waals surface area contributed by atoms with Crippen LogP contribution >= 0.6 is 0 Å². The van der Waals surface area contributed by atoms with Crippen molar-refractivity contribution >= 4 is 11.6 Å². The minimum atomic E-state index is -0.420. The van der Waals surface area contributed by atoms with Gasteiger partial charge in [0.1, 0.15) is 0 Å². The number of amides is 1. The summed E-state index contributed by atoms with van der Waals surface area (Å²) in [6, 6.07) is 16.1. The summed E-state index contributed by atoms with van der Waals surface area (Å²) in [6.07, 6.45) is 0.759. The summed E-state index contributed by atoms with van der Waals surface area (Å²) in [7, 11) is 0. The van der Waals surface area contributed by atoms with Crippen molar-refractivity contribution in [3.63, 3.8) is 0 Å². The van der Waals surface area contributed by atoms with Gasteiger partial charge in [-0.3, -0.25) is 10.0 Å². The van der Waals surface area contributed by atoms with Crippen LogP contribution in [0, 0.1) is 0 Å². The molecular formula is C15H15NO2. The maximum absolute atomic E-state index is 12.1. The van der Waals surface area contributed by atoms with E-state index in [1.807, 2.05) is 25.1 Å². The van der Waals surface area contributed by atoms with Gasteiger partial charge in [0.2, 0.25) is 0 Å². The highest BCUT2D eigenvalue weighted by Gasteiger charge is 2.17. The summed E-state index contributed by atoms with van der Waals surface area (Å²) in [5, 5.41) is 10.8. The Labute approximate surface area is 106 Å². The number of aryl methyl sites for hydroxylation is 1. The second-order valence-electron chi connectivity index (χ2n) is 3.97. The zero-order valence-corrected chi connectivity index (χ0v) is 10.2. The van der Waals surface area contributed by atoms with E-state index in [0.29, 0.717) is 16.3 Å². The van der Waals surface area contributed by atoms with Crippen LogP contribution in [0.25, 0.3) is 0 Å². The van der Waals surface area contributed by atoms with Crippen molar-refractivity contribution in [2.75, 3.05) is 5.06 Å². The van der Waals surface area contributed by atoms with Crippen LogP contribution in [0.1, 0.15) is 22.8 Å². The molecule has 2 rings (SSSR count). The second-order valence-corrected chi connectivity index (χ2v) is 3.97. The number of hydrogen-bond donors (Lipinski definition) is 1. The molecule has 0 aliphatic heterocycles. The Morgan fingerprint density at radius 1 is 1.06 bits per heavy atom. The molecular weight excluding hydrogens is 226 g/mol. The minimum Gasteiger partial charge on any atom is -0.281 e. The van der Waals surface area contributed by atoms with Crippen LogP contribution in [0.3, 0.4) is 0 Å². The van der Waals surface area contributed by atoms with E-state index in [4.69, 9.17) is 0 Å². The Kier molecular flexibility index (Phi) is 3.75. The van der Waals surface area contributed by atoms with Crippen LogP contribution in [0.4, 0.5) is 5.69 Å². The lowest BCUT2D eigenvalue weighted by Gasteiger charge is -2.18. The molecule has 0 heterocycles. The monoisotopic (exact) mass is 241 g/mol. The smallest absolute Gasteiger partial charge is 0.281 e. The molecule has 0 aliphatic rings. The lowest BCUT2D eigenvalue weighted by molar-refractivity contribution is 0.0854. The lowest BCUT2D eigenvalue weighted by Crippen LogP contribution is -2.27. The second kappa shape index (κ2) is 5.47. The molecule has 1 N–H and O–H groups in total. The Bertz CT molecular complexity index is 537. The minimum absolute atomic E-state index is 0.420. The number of hydrogen-bond acceptors (Lipinski definition) is 2. The average molecular weight is 241 g/mol. The lowest BCUT2D eigenvalue weighted by atomic mass is 10.1. The molecule has 3 heteroatoms. The van der Waals surface area contributed by atoms with Crippen molar-refractivity contribution in [1.82, 2.24) is 0 Å². The highest BCUT2D eigenvalue weighted by Crippen LogP contribution is 2.21. The standard InChI is InChI=1S/C15H15NO2/c1-2-12-8-6-7-11-14(12)16(18)15(17)13-9-4-3-5-10-13/h3-11,18H,2H2,1H3. The van der Waals surface area contributed by atoms with E-state index >= 15 is 0 Å². The van der Waals surface area contributed by atoms with E-state index in [9.17, 15) is 10.0 Å². The third-order valence-corrected chi connectivity index (χ3v) is 2.81. The van der Waals surface area contributed by atoms with E-state index in [2.05, 4.69) is 0 Å². The molecule has 0 aliphatic carbocycles. The van der Waals surface area contributed by atoms with Gasteiger partial charge >= 0.3 is 0 Å². The molecule has 0 unspecified atom stereocenters. The molecule has 0 fully saturated rings. The van der Waals surface area contributed by atoms with Gasteiger partial charge in [-0.15, -0.1) is 0 Å². The van der Waals surface area contributed by atoms with E-state index in [-0.39, 0.29) is 0 Å². The molecule has 0 saturated carbocycles. The van der Waals surface area contributed by atoms with Gasteiger partial charge in [-0.05, 0) is 30.2 Å². The molecule has 0 bridgehead atoms. The number of carbonyl (C=O) groups is 1. The number of carbonyl (C=O) groups excluding carboxylic acids is 1. The Balaban J connectivity index is 2.31. The molecule has 2 aromatic rings. The van der Waals surface area contributed by atoms with Gasteiger partial charge in [0.05, 0.1) is 5.69 Å². The molecule has 0 saturated heterocycles. The number of benzene rings is 2. The zero-order valence-electron chi connectivity index (χ0n) is 10.2. The summed E-state index contributed by atoms with van der Waals surface area (Å²) in [5.41, 5.74) is 1.93. The first-order valence-electron chi connectivity index (χ1n) is 5.90. The van der Waals surface area contributed by atoms with Crippen LogP contribution in [-0.4, -0.2) is 11.1 Å². The van der Waals surface area contributed by atoms with Crippen molar-refractivity contribution < 1.29 is 10.0 Å². The molecule has 92 valence electrons. The molecule has 0 aromatic heterocycles. The SMILES string of the molecule is CCc1ccccc1N(O)C(=O)c1ccccc1. The summed E-state index contributed by atoms with van der Waals surface area (Å²) in [4.78, 5) is 12.1. The summed E-state index contributed by atoms with van der Waals surface area (Å²) in [6.45, 7) is 1.99. The van der Waals surface area contributed by atoms with Crippen molar-refractivity contribution in [3.05, 3.63) is 65.7 Å². The summed E-state index contributed by atoms with van der Waals surface area (Å²) >= 11 is 0. The van der Waals surface area contributed by atoms with E-state index in [0.717, 1.165) is 12.0 Å². The topological polar surface area (TPSA) is 40.5 Å². The van der Waals surface area contributed by atoms with Crippen LogP contribution < -0.4 is 5.06 Å². The Morgan fingerprint density at radius 2 is 1.67 bits per heavy atom. The Morgan fingerprint density at radius 3 is 2.33 bits per heavy atom. The normalized spacial score (nSPS) is 10.1. The predicted molar refractivity (Wildman–Crippen MR) is 70.9 cm³/mol. The van der Waals surface area contributed by atoms with Crippen molar-refractivity contribution in [1.29, 1.82) is 0 Å². The van der Waals surface area contributed by atoms with Gasteiger partial charge < -0.3 is 0 Å². The number of anilines is 1. The van der Waals surface area contributed by atoms with E-state index in [1.165, 1.54) is 0 Å². The van der Waals surface area contributed by atoms with Crippen LogP contribution in [0.15, 0.2) is 54.6 Å². The zero-order chi connectivity index (χ0) is 13.0. The number of para-hydroxylation sites is 1. The van der Waals surface area contributed by atoms with Gasteiger partial charge in [-0.1, -0.05) is 43.3 Å². The maximum atomic E-state index is 12.1. The maximum Gasteiger partial charge on any atom is 0.281 e. The van der Waals surface area contributed by atoms with Gasteiger partial charge in [0, 0.05) is 5.56 Å². The average Bonchev–Trinajstić information content (AvgIpc) is 2.46. The first-order valence-corrected chi connectivity index (χ1v) is 5.90. The fourth-order valence-corrected chi connectivity index (χ4v) is 1.83. The van der Waals surface area contributed by atoms with Gasteiger partial charge in [-0.2, -0.15) is 5.06 Å². The fourth-order valence-electron chi connectivity index (χ4n) is 1.83. The van der Waals surface area contributed by atoms with Crippen LogP contribution in [0.2, 0.25) is 0 Å². The van der Waals surface area contributed by atoms with Gasteiger partial charge in [0.15, 0.2) is 0 Å². The number of nitrogens with zero attached hydrogens (tertiary/aromatic N) is 1. The molecule has 0 radical (unpaired) electrons. The number of rotatable bonds is 3. The highest BCUT2D eigenvalue weighted by atomic mass is 16.5. The first-order chi connectivity index (χ1) is 8.74. The Hall–Kier alpha value is -2.13. The molecule has 2 aromatic carbocycles. The van der Waals surface area contributed by atoms with Crippen LogP contribution in [0.5, 0.6) is 0 Å². The predicted octanol–water partition coefficient (Wildman–Crippen LogP) is 3.29. The van der Waals surface area contributed by atoms with E-state index < -0.39 is 5.91 Å². The third kappa shape index (κ3) is 2.41.